The lowest BCUT2D eigenvalue weighted by Gasteiger charge is -2.40. The van der Waals surface area contributed by atoms with Crippen molar-refractivity contribution in [3.05, 3.63) is 0 Å². The maximum absolute atomic E-state index is 12.4. The molecule has 0 saturated heterocycles. The van der Waals surface area contributed by atoms with Crippen LogP contribution in [0.15, 0.2) is 0 Å². The fraction of sp³-hybridized carbons (Fsp3) is 0.867. The summed E-state index contributed by atoms with van der Waals surface area (Å²) in [6, 6.07) is 0. The largest absolute Gasteiger partial charge is 0.242 e. The Kier molecular flexibility index (Phi) is 5.68. The molecule has 2 atom stereocenters. The molecule has 0 heterocycles. The first-order valence-electron chi connectivity index (χ1n) is 6.82. The van der Waals surface area contributed by atoms with Crippen LogP contribution < -0.4 is 4.72 Å². The molecule has 0 aromatic carbocycles. The molecule has 0 fully saturated rings. The Morgan fingerprint density at radius 2 is 1.37 bits per heavy atom. The normalized spacial score (nSPS) is 18.2. The minimum atomic E-state index is -1.44. The highest BCUT2D eigenvalue weighted by Crippen LogP contribution is 2.31. The van der Waals surface area contributed by atoms with Gasteiger partial charge in [0.25, 0.3) is 0 Å². The smallest absolute Gasteiger partial charge is 0.129 e. The lowest BCUT2D eigenvalue weighted by atomic mass is 9.76. The van der Waals surface area contributed by atoms with Crippen molar-refractivity contribution in [1.29, 1.82) is 0 Å². The van der Waals surface area contributed by atoms with Crippen molar-refractivity contribution in [2.45, 2.75) is 78.4 Å². The van der Waals surface area contributed by atoms with E-state index in [2.05, 4.69) is 63.5 Å². The molecule has 0 aliphatic carbocycles. The Morgan fingerprint density at radius 3 is 1.63 bits per heavy atom. The average Bonchev–Trinajstić information content (AvgIpc) is 2.10. The maximum atomic E-state index is 12.4. The summed E-state index contributed by atoms with van der Waals surface area (Å²) in [5.41, 5.74) is 2.88. The molecule has 4 heteroatoms. The van der Waals surface area contributed by atoms with E-state index in [0.717, 1.165) is 0 Å². The number of nitrogens with one attached hydrogen (secondary N) is 1. The van der Waals surface area contributed by atoms with Crippen LogP contribution >= 0.6 is 0 Å². The van der Waals surface area contributed by atoms with Crippen LogP contribution in [0.1, 0.15) is 48.5 Å². The molecule has 0 bridgehead atoms. The average molecular weight is 302 g/mol. The molecular weight excluding hydrogens is 270 g/mol. The second-order valence-electron chi connectivity index (χ2n) is 8.36. The Labute approximate surface area is 123 Å². The minimum absolute atomic E-state index is 0.0828. The fourth-order valence-corrected chi connectivity index (χ4v) is 2.68. The molecule has 1 N–H and O–H groups in total. The van der Waals surface area contributed by atoms with Crippen molar-refractivity contribution in [3.8, 4) is 11.5 Å². The van der Waals surface area contributed by atoms with Gasteiger partial charge in [0.1, 0.15) is 8.07 Å². The van der Waals surface area contributed by atoms with Crippen molar-refractivity contribution in [3.63, 3.8) is 0 Å². The van der Waals surface area contributed by atoms with Gasteiger partial charge in [-0.05, 0) is 33.1 Å². The van der Waals surface area contributed by atoms with E-state index < -0.39 is 24.6 Å². The molecule has 0 saturated carbocycles. The molecule has 0 radical (unpaired) electrons. The molecule has 0 aromatic rings. The van der Waals surface area contributed by atoms with Gasteiger partial charge in [-0.1, -0.05) is 46.3 Å². The zero-order chi connectivity index (χ0) is 15.7. The summed E-state index contributed by atoms with van der Waals surface area (Å²) in [6.45, 7) is 21.1. The van der Waals surface area contributed by atoms with Crippen molar-refractivity contribution in [2.75, 3.05) is 0 Å². The zero-order valence-corrected chi connectivity index (χ0v) is 16.1. The summed E-state index contributed by atoms with van der Waals surface area (Å²) in [4.78, 5) is 0. The van der Waals surface area contributed by atoms with E-state index in [9.17, 15) is 4.21 Å². The lowest BCUT2D eigenvalue weighted by Crippen LogP contribution is -2.55. The van der Waals surface area contributed by atoms with Crippen LogP contribution in [-0.2, 0) is 11.0 Å². The first-order chi connectivity index (χ1) is 8.08. The van der Waals surface area contributed by atoms with Crippen LogP contribution in [0, 0.1) is 16.9 Å². The highest BCUT2D eigenvalue weighted by molar-refractivity contribution is 7.84. The van der Waals surface area contributed by atoms with Gasteiger partial charge >= 0.3 is 0 Å². The van der Waals surface area contributed by atoms with Crippen molar-refractivity contribution >= 4 is 19.1 Å². The second-order valence-corrected chi connectivity index (χ2v) is 15.1. The van der Waals surface area contributed by atoms with Gasteiger partial charge in [0, 0.05) is 0 Å². The van der Waals surface area contributed by atoms with Crippen LogP contribution in [0.3, 0.4) is 0 Å². The maximum Gasteiger partial charge on any atom is 0.129 e. The molecule has 0 unspecified atom stereocenters. The summed E-state index contributed by atoms with van der Waals surface area (Å²) >= 11 is 0. The van der Waals surface area contributed by atoms with Gasteiger partial charge < -0.3 is 0 Å². The standard InChI is InChI=1S/C15H31NOSSi/c1-13(2,3)15(7,11-12-19(8,9)10)16-18(17)14(4,5)6/h16H,1-10H3/t15-,18+/m1/s1. The van der Waals surface area contributed by atoms with E-state index in [0.29, 0.717) is 0 Å². The monoisotopic (exact) mass is 301 g/mol. The number of hydrogen-bond donors (Lipinski definition) is 1. The van der Waals surface area contributed by atoms with Gasteiger partial charge in [0.05, 0.1) is 21.3 Å². The first kappa shape index (κ1) is 18.9. The summed E-state index contributed by atoms with van der Waals surface area (Å²) in [5, 5.41) is 0. The molecule has 2 nitrogen and oxygen atoms in total. The van der Waals surface area contributed by atoms with Gasteiger partial charge in [-0.3, -0.25) is 0 Å². The lowest BCUT2D eigenvalue weighted by molar-refractivity contribution is 0.252. The van der Waals surface area contributed by atoms with Crippen LogP contribution in [0.2, 0.25) is 19.6 Å². The summed E-state index contributed by atoms with van der Waals surface area (Å²) < 4.78 is 15.4. The predicted molar refractivity (Wildman–Crippen MR) is 90.0 cm³/mol. The van der Waals surface area contributed by atoms with Gasteiger partial charge in [-0.2, -0.15) is 0 Å². The van der Waals surface area contributed by atoms with E-state index in [-0.39, 0.29) is 10.2 Å². The second kappa shape index (κ2) is 5.71. The van der Waals surface area contributed by atoms with Crippen molar-refractivity contribution < 1.29 is 4.21 Å². The SMILES string of the molecule is CC(C)(C)[S@](=O)N[C@](C)(C#C[Si](C)(C)C)C(C)(C)C. The zero-order valence-electron chi connectivity index (χ0n) is 14.3. The Hall–Kier alpha value is -0.113. The molecule has 0 aliphatic rings. The van der Waals surface area contributed by atoms with Crippen LogP contribution in [0.25, 0.3) is 0 Å². The molecule has 0 rings (SSSR count). The molecule has 19 heavy (non-hydrogen) atoms. The van der Waals surface area contributed by atoms with E-state index in [1.807, 2.05) is 20.8 Å². The fourth-order valence-electron chi connectivity index (χ4n) is 1.02. The Balaban J connectivity index is 5.46. The van der Waals surface area contributed by atoms with E-state index in [1.165, 1.54) is 0 Å². The van der Waals surface area contributed by atoms with Crippen LogP contribution in [0.5, 0.6) is 0 Å². The van der Waals surface area contributed by atoms with Crippen molar-refractivity contribution in [2.24, 2.45) is 5.41 Å². The minimum Gasteiger partial charge on any atom is -0.242 e. The molecule has 0 aliphatic heterocycles. The van der Waals surface area contributed by atoms with Crippen molar-refractivity contribution in [1.82, 2.24) is 4.72 Å². The van der Waals surface area contributed by atoms with Crippen LogP contribution in [-0.4, -0.2) is 22.6 Å². The molecule has 0 spiro atoms. The third-order valence-electron chi connectivity index (χ3n) is 3.04. The third kappa shape index (κ3) is 6.24. The number of rotatable bonds is 2. The highest BCUT2D eigenvalue weighted by atomic mass is 32.2. The predicted octanol–water partition coefficient (Wildman–Crippen LogP) is 3.72. The summed E-state index contributed by atoms with van der Waals surface area (Å²) in [5.74, 6) is 3.39. The Bertz CT molecular complexity index is 401. The summed E-state index contributed by atoms with van der Waals surface area (Å²) in [7, 11) is -2.56. The quantitative estimate of drug-likeness (QED) is 0.611. The van der Waals surface area contributed by atoms with Gasteiger partial charge in [0.15, 0.2) is 0 Å². The topological polar surface area (TPSA) is 29.1 Å². The molecule has 112 valence electrons. The molecule has 0 aromatic heterocycles. The van der Waals surface area contributed by atoms with Gasteiger partial charge in [-0.15, -0.1) is 5.54 Å². The highest BCUT2D eigenvalue weighted by Gasteiger charge is 2.39. The van der Waals surface area contributed by atoms with Crippen LogP contribution in [0.4, 0.5) is 0 Å². The van der Waals surface area contributed by atoms with E-state index in [4.69, 9.17) is 0 Å². The summed E-state index contributed by atoms with van der Waals surface area (Å²) in [6.07, 6.45) is 0. The molecule has 0 amide bonds. The van der Waals surface area contributed by atoms with Gasteiger partial charge in [0.2, 0.25) is 0 Å². The molecular formula is C15H31NOSSi. The van der Waals surface area contributed by atoms with E-state index >= 15 is 0 Å². The third-order valence-corrected chi connectivity index (χ3v) is 5.62. The Morgan fingerprint density at radius 1 is 0.947 bits per heavy atom. The van der Waals surface area contributed by atoms with E-state index in [1.54, 1.807) is 0 Å². The first-order valence-corrected chi connectivity index (χ1v) is 11.5. The number of hydrogen-bond acceptors (Lipinski definition) is 1. The van der Waals surface area contributed by atoms with Gasteiger partial charge in [-0.25, -0.2) is 8.93 Å².